The minimum Gasteiger partial charge on any atom is -0.324 e. The predicted molar refractivity (Wildman–Crippen MR) is 113 cm³/mol. The van der Waals surface area contributed by atoms with Crippen molar-refractivity contribution in [3.05, 3.63) is 42.1 Å². The molecule has 0 saturated heterocycles. The molecule has 0 atom stereocenters. The van der Waals surface area contributed by atoms with E-state index in [1.54, 1.807) is 10.7 Å². The van der Waals surface area contributed by atoms with Crippen LogP contribution >= 0.6 is 0 Å². The van der Waals surface area contributed by atoms with Crippen LogP contribution in [0.4, 0.5) is 13.2 Å². The second-order valence-corrected chi connectivity index (χ2v) is 7.76. The lowest BCUT2D eigenvalue weighted by Gasteiger charge is -2.17. The van der Waals surface area contributed by atoms with E-state index in [1.165, 1.54) is 44.7 Å². The highest BCUT2D eigenvalue weighted by molar-refractivity contribution is 5.96. The van der Waals surface area contributed by atoms with Gasteiger partial charge in [0.1, 0.15) is 0 Å². The zero-order valence-corrected chi connectivity index (χ0v) is 17.1. The van der Waals surface area contributed by atoms with Gasteiger partial charge in [0.25, 0.3) is 0 Å². The summed E-state index contributed by atoms with van der Waals surface area (Å²) in [6.45, 7) is 2.93. The molecule has 6 heteroatoms. The number of alkyl halides is 3. The molecule has 2 aliphatic heterocycles. The third-order valence-corrected chi connectivity index (χ3v) is 5.23. The van der Waals surface area contributed by atoms with Gasteiger partial charge in [-0.3, -0.25) is 0 Å². The van der Waals surface area contributed by atoms with Gasteiger partial charge >= 0.3 is 6.18 Å². The van der Waals surface area contributed by atoms with E-state index in [0.29, 0.717) is 12.4 Å². The molecular weight excluding hydrogens is 375 g/mol. The minimum atomic E-state index is -4.24. The van der Waals surface area contributed by atoms with Crippen molar-refractivity contribution in [2.45, 2.75) is 70.9 Å². The Hall–Kier alpha value is -2.24. The lowest BCUT2D eigenvalue weighted by Crippen LogP contribution is -2.21. The Morgan fingerprint density at radius 2 is 1.66 bits per heavy atom. The fourth-order valence-electron chi connectivity index (χ4n) is 3.78. The summed E-state index contributed by atoms with van der Waals surface area (Å²) in [6.07, 6.45) is 6.11. The molecular formula is C23H30F3N3. The first-order valence-electron chi connectivity index (χ1n) is 10.7. The molecule has 29 heavy (non-hydrogen) atoms. The smallest absolute Gasteiger partial charge is 0.324 e. The number of benzene rings is 1. The number of hydrogen-bond donors (Lipinski definition) is 1. The number of nitrogens with one attached hydrogen (secondary N) is 1. The Kier molecular flexibility index (Phi) is 7.40. The van der Waals surface area contributed by atoms with Crippen molar-refractivity contribution in [3.8, 4) is 11.4 Å². The van der Waals surface area contributed by atoms with Gasteiger partial charge in [-0.1, -0.05) is 70.1 Å². The Morgan fingerprint density at radius 3 is 2.38 bits per heavy atom. The molecule has 0 amide bonds. The maximum absolute atomic E-state index is 13.0. The summed E-state index contributed by atoms with van der Waals surface area (Å²) in [6, 6.07) is 9.19. The monoisotopic (exact) mass is 405 g/mol. The maximum atomic E-state index is 13.0. The molecule has 1 aromatic carbocycles. The van der Waals surface area contributed by atoms with Gasteiger partial charge in [0.15, 0.2) is 5.82 Å². The molecule has 1 N–H and O–H groups in total. The van der Waals surface area contributed by atoms with E-state index in [0.717, 1.165) is 29.3 Å². The van der Waals surface area contributed by atoms with Crippen molar-refractivity contribution in [2.75, 3.05) is 12.0 Å². The molecule has 0 fully saturated rings. The summed E-state index contributed by atoms with van der Waals surface area (Å²) < 4.78 is 40.6. The van der Waals surface area contributed by atoms with Gasteiger partial charge in [-0.25, -0.2) is 9.66 Å². The molecule has 0 aliphatic carbocycles. The molecule has 158 valence electrons. The van der Waals surface area contributed by atoms with Gasteiger partial charge in [0.2, 0.25) is 0 Å². The fraction of sp³-hybridized carbons (Fsp3) is 0.522. The number of pyridine rings is 1. The van der Waals surface area contributed by atoms with Gasteiger partial charge in [0.05, 0.1) is 11.9 Å². The molecule has 0 radical (unpaired) electrons. The van der Waals surface area contributed by atoms with Gasteiger partial charge in [-0.15, -0.1) is 0 Å². The molecule has 2 aliphatic rings. The number of unbranched alkanes of at least 4 members (excludes halogenated alkanes) is 7. The molecule has 3 rings (SSSR count). The Bertz CT molecular complexity index is 870. The van der Waals surface area contributed by atoms with E-state index in [2.05, 4.69) is 17.3 Å². The zero-order valence-electron chi connectivity index (χ0n) is 17.1. The van der Waals surface area contributed by atoms with E-state index >= 15 is 0 Å². The number of rotatable bonds is 11. The van der Waals surface area contributed by atoms with Crippen LogP contribution in [0.15, 0.2) is 36.5 Å². The Morgan fingerprint density at radius 1 is 0.966 bits per heavy atom. The topological polar surface area (TPSA) is 29.9 Å². The highest BCUT2D eigenvalue weighted by Crippen LogP contribution is 2.33. The summed E-state index contributed by atoms with van der Waals surface area (Å²) in [5, 5.41) is 0.883. The van der Waals surface area contributed by atoms with Crippen LogP contribution in [0, 0.1) is 0 Å². The largest absolute Gasteiger partial charge is 0.393 e. The number of aromatic nitrogens is 2. The van der Waals surface area contributed by atoms with Crippen LogP contribution in [0.2, 0.25) is 0 Å². The summed E-state index contributed by atoms with van der Waals surface area (Å²) in [4.78, 5) is 4.63. The first kappa shape index (κ1) is 21.5. The lowest BCUT2D eigenvalue weighted by molar-refractivity contribution is -0.127. The third-order valence-electron chi connectivity index (χ3n) is 5.23. The Balaban J connectivity index is 1.65. The van der Waals surface area contributed by atoms with Crippen LogP contribution in [-0.4, -0.2) is 22.4 Å². The number of hydrogen-bond acceptors (Lipinski definition) is 2. The maximum Gasteiger partial charge on any atom is 0.393 e. The minimum absolute atomic E-state index is 0.242. The second-order valence-electron chi connectivity index (χ2n) is 7.76. The van der Waals surface area contributed by atoms with Gasteiger partial charge < -0.3 is 5.43 Å². The van der Waals surface area contributed by atoms with Gasteiger partial charge in [0, 0.05) is 23.7 Å². The first-order valence-corrected chi connectivity index (χ1v) is 10.7. The highest BCUT2D eigenvalue weighted by atomic mass is 19.4. The second kappa shape index (κ2) is 9.99. The highest BCUT2D eigenvalue weighted by Gasteiger charge is 2.29. The number of para-hydroxylation sites is 1. The fourth-order valence-corrected chi connectivity index (χ4v) is 3.78. The molecule has 3 nitrogen and oxygen atoms in total. The van der Waals surface area contributed by atoms with E-state index in [-0.39, 0.29) is 5.56 Å². The van der Waals surface area contributed by atoms with Gasteiger partial charge in [-0.2, -0.15) is 13.2 Å². The quantitative estimate of drug-likeness (QED) is 0.351. The van der Waals surface area contributed by atoms with Crippen molar-refractivity contribution in [1.29, 1.82) is 0 Å². The van der Waals surface area contributed by atoms with Crippen molar-refractivity contribution in [3.63, 3.8) is 0 Å². The first-order chi connectivity index (χ1) is 14.0. The normalized spacial score (nSPS) is 12.1. The summed E-state index contributed by atoms with van der Waals surface area (Å²) in [5.41, 5.74) is 5.07. The SMILES string of the molecule is CCCCCCCCCCNn1cc(CC(F)(F)F)cc2c3ccccc3nc1-2. The number of halogens is 3. The van der Waals surface area contributed by atoms with Crippen LogP contribution < -0.4 is 5.43 Å². The average Bonchev–Trinajstić information content (AvgIpc) is 3.04. The van der Waals surface area contributed by atoms with Crippen molar-refractivity contribution in [1.82, 2.24) is 9.66 Å². The van der Waals surface area contributed by atoms with Crippen LogP contribution in [0.5, 0.6) is 0 Å². The third kappa shape index (κ3) is 6.12. The van der Waals surface area contributed by atoms with Gasteiger partial charge in [-0.05, 0) is 24.1 Å². The molecule has 0 saturated carbocycles. The zero-order chi connectivity index (χ0) is 20.7. The molecule has 0 bridgehead atoms. The Labute approximate surface area is 170 Å². The average molecular weight is 406 g/mol. The lowest BCUT2D eigenvalue weighted by atomic mass is 10.1. The van der Waals surface area contributed by atoms with Crippen LogP contribution in [0.3, 0.4) is 0 Å². The molecule has 0 spiro atoms. The number of nitrogens with zero attached hydrogens (tertiary/aromatic N) is 2. The summed E-state index contributed by atoms with van der Waals surface area (Å²) in [7, 11) is 0. The summed E-state index contributed by atoms with van der Waals surface area (Å²) in [5.74, 6) is 0.677. The van der Waals surface area contributed by atoms with E-state index in [1.807, 2.05) is 24.3 Å². The number of fused-ring (bicyclic) bond motifs is 3. The van der Waals surface area contributed by atoms with Crippen LogP contribution in [-0.2, 0) is 6.42 Å². The summed E-state index contributed by atoms with van der Waals surface area (Å²) >= 11 is 0. The van der Waals surface area contributed by atoms with Crippen LogP contribution in [0.1, 0.15) is 63.9 Å². The molecule has 0 aromatic heterocycles. The molecule has 2 heterocycles. The van der Waals surface area contributed by atoms with E-state index < -0.39 is 12.6 Å². The van der Waals surface area contributed by atoms with E-state index in [4.69, 9.17) is 0 Å². The van der Waals surface area contributed by atoms with E-state index in [9.17, 15) is 13.2 Å². The standard InChI is InChI=1S/C23H30F3N3/c1-2-3-4-5-6-7-8-11-14-27-29-17-18(16-23(24,25)26)15-20-19-12-9-10-13-21(19)28-22(20)29/h9-10,12-13,15,17,27H,2-8,11,14,16H2,1H3. The van der Waals surface area contributed by atoms with Crippen LogP contribution in [0.25, 0.3) is 22.3 Å². The molecule has 0 unspecified atom stereocenters. The van der Waals surface area contributed by atoms with Crippen molar-refractivity contribution in [2.24, 2.45) is 0 Å². The van der Waals surface area contributed by atoms with Crippen molar-refractivity contribution >= 4 is 10.9 Å². The predicted octanol–water partition coefficient (Wildman–Crippen LogP) is 6.93. The molecule has 1 aromatic rings. The van der Waals surface area contributed by atoms with Crippen molar-refractivity contribution < 1.29 is 13.2 Å².